The molecule has 0 spiro atoms. The van der Waals surface area contributed by atoms with Gasteiger partial charge >= 0.3 is 0 Å². The quantitative estimate of drug-likeness (QED) is 0.260. The molecule has 0 unspecified atom stereocenters. The van der Waals surface area contributed by atoms with E-state index in [4.69, 9.17) is 4.98 Å². The van der Waals surface area contributed by atoms with Gasteiger partial charge in [0.05, 0.1) is 11.4 Å². The zero-order valence-corrected chi connectivity index (χ0v) is 19.5. The van der Waals surface area contributed by atoms with Crippen LogP contribution in [0.25, 0.3) is 22.6 Å². The smallest absolute Gasteiger partial charge is 0.140 e. The maximum Gasteiger partial charge on any atom is 0.140 e. The lowest BCUT2D eigenvalue weighted by molar-refractivity contribution is 0.264. The Balaban J connectivity index is 1.78. The molecule has 1 heterocycles. The Morgan fingerprint density at radius 3 is 2.15 bits per heavy atom. The van der Waals surface area contributed by atoms with Gasteiger partial charge in [-0.3, -0.25) is 4.90 Å². The number of imidazole rings is 1. The third-order valence-electron chi connectivity index (χ3n) is 6.00. The largest absolute Gasteiger partial charge is 0.326 e. The number of unbranched alkanes of at least 4 members (excludes halogenated alkanes) is 1. The first-order valence-corrected chi connectivity index (χ1v) is 11.9. The summed E-state index contributed by atoms with van der Waals surface area (Å²) < 4.78 is 16.2. The molecule has 33 heavy (non-hydrogen) atoms. The molecule has 0 fully saturated rings. The summed E-state index contributed by atoms with van der Waals surface area (Å²) in [4.78, 5) is 7.54. The Morgan fingerprint density at radius 2 is 1.52 bits per heavy atom. The van der Waals surface area contributed by atoms with Crippen LogP contribution in [0.5, 0.6) is 0 Å². The van der Waals surface area contributed by atoms with Crippen LogP contribution in [0.15, 0.2) is 84.9 Å². The molecule has 4 aromatic rings. The second-order valence-corrected chi connectivity index (χ2v) is 8.40. The van der Waals surface area contributed by atoms with Crippen molar-refractivity contribution in [3.8, 4) is 22.6 Å². The second-order valence-electron chi connectivity index (χ2n) is 8.40. The molecule has 0 saturated carbocycles. The van der Waals surface area contributed by atoms with E-state index in [1.807, 2.05) is 18.2 Å². The molecule has 3 nitrogen and oxygen atoms in total. The molecule has 4 heteroatoms. The standard InChI is InChI=1S/C29H32FN3/c1-3-5-19-33-27(22-32(4-2)21-23-13-12-18-26(30)20-23)28(24-14-8-6-9-15-24)31-29(33)25-16-10-7-11-17-25/h6-18,20H,3-5,19,21-22H2,1-2H3. The van der Waals surface area contributed by atoms with Gasteiger partial charge in [0.25, 0.3) is 0 Å². The highest BCUT2D eigenvalue weighted by atomic mass is 19.1. The Kier molecular flexibility index (Phi) is 7.69. The van der Waals surface area contributed by atoms with Crippen molar-refractivity contribution in [1.82, 2.24) is 14.5 Å². The molecule has 4 rings (SSSR count). The number of benzene rings is 3. The van der Waals surface area contributed by atoms with Gasteiger partial charge in [0.2, 0.25) is 0 Å². The number of aromatic nitrogens is 2. The maximum absolute atomic E-state index is 13.8. The van der Waals surface area contributed by atoms with Gasteiger partial charge < -0.3 is 4.57 Å². The molecular weight excluding hydrogens is 409 g/mol. The normalized spacial score (nSPS) is 11.3. The summed E-state index contributed by atoms with van der Waals surface area (Å²) >= 11 is 0. The van der Waals surface area contributed by atoms with Gasteiger partial charge in [-0.05, 0) is 30.7 Å². The van der Waals surface area contributed by atoms with Crippen molar-refractivity contribution in [2.24, 2.45) is 0 Å². The number of rotatable bonds is 10. The number of hydrogen-bond acceptors (Lipinski definition) is 2. The first-order chi connectivity index (χ1) is 16.2. The van der Waals surface area contributed by atoms with E-state index >= 15 is 0 Å². The van der Waals surface area contributed by atoms with E-state index in [0.717, 1.165) is 60.7 Å². The molecule has 3 aromatic carbocycles. The number of hydrogen-bond donors (Lipinski definition) is 0. The molecular formula is C29H32FN3. The Labute approximate surface area is 196 Å². The van der Waals surface area contributed by atoms with Crippen LogP contribution >= 0.6 is 0 Å². The SMILES string of the molecule is CCCCn1c(-c2ccccc2)nc(-c2ccccc2)c1CN(CC)Cc1cccc(F)c1. The van der Waals surface area contributed by atoms with E-state index in [1.165, 1.54) is 11.8 Å². The topological polar surface area (TPSA) is 21.1 Å². The third kappa shape index (κ3) is 5.58. The van der Waals surface area contributed by atoms with E-state index in [-0.39, 0.29) is 5.82 Å². The summed E-state index contributed by atoms with van der Waals surface area (Å²) in [7, 11) is 0. The van der Waals surface area contributed by atoms with E-state index in [0.29, 0.717) is 6.54 Å². The molecule has 0 aliphatic rings. The van der Waals surface area contributed by atoms with Crippen LogP contribution in [0.2, 0.25) is 0 Å². The zero-order valence-electron chi connectivity index (χ0n) is 19.5. The fourth-order valence-electron chi connectivity index (χ4n) is 4.22. The molecule has 170 valence electrons. The fraction of sp³-hybridized carbons (Fsp3) is 0.276. The Hall–Kier alpha value is -3.24. The van der Waals surface area contributed by atoms with Crippen molar-refractivity contribution >= 4 is 0 Å². The molecule has 0 radical (unpaired) electrons. The van der Waals surface area contributed by atoms with Crippen LogP contribution in [0.3, 0.4) is 0 Å². The van der Waals surface area contributed by atoms with Crippen molar-refractivity contribution in [3.05, 3.63) is 102 Å². The lowest BCUT2D eigenvalue weighted by Crippen LogP contribution is -2.24. The van der Waals surface area contributed by atoms with E-state index in [1.54, 1.807) is 12.1 Å². The second kappa shape index (κ2) is 11.1. The molecule has 0 amide bonds. The molecule has 0 atom stereocenters. The summed E-state index contributed by atoms with van der Waals surface area (Å²) in [5, 5.41) is 0. The van der Waals surface area contributed by atoms with Crippen molar-refractivity contribution in [1.29, 1.82) is 0 Å². The molecule has 0 bridgehead atoms. The zero-order chi connectivity index (χ0) is 23.0. The van der Waals surface area contributed by atoms with Crippen LogP contribution in [0, 0.1) is 5.82 Å². The van der Waals surface area contributed by atoms with Crippen LogP contribution in [0.4, 0.5) is 4.39 Å². The van der Waals surface area contributed by atoms with Gasteiger partial charge in [-0.2, -0.15) is 0 Å². The van der Waals surface area contributed by atoms with Gasteiger partial charge in [-0.1, -0.05) is 93.1 Å². The third-order valence-corrected chi connectivity index (χ3v) is 6.00. The minimum atomic E-state index is -0.187. The maximum atomic E-state index is 13.8. The van der Waals surface area contributed by atoms with Gasteiger partial charge in [-0.15, -0.1) is 0 Å². The highest BCUT2D eigenvalue weighted by molar-refractivity contribution is 5.68. The molecule has 0 aliphatic heterocycles. The summed E-state index contributed by atoms with van der Waals surface area (Å²) in [6, 6.07) is 27.8. The minimum absolute atomic E-state index is 0.187. The first-order valence-electron chi connectivity index (χ1n) is 11.9. The van der Waals surface area contributed by atoms with Gasteiger partial charge in [-0.25, -0.2) is 9.37 Å². The van der Waals surface area contributed by atoms with E-state index in [9.17, 15) is 4.39 Å². The summed E-state index contributed by atoms with van der Waals surface area (Å²) in [5.74, 6) is 0.826. The van der Waals surface area contributed by atoms with E-state index in [2.05, 4.69) is 71.8 Å². The minimum Gasteiger partial charge on any atom is -0.326 e. The average Bonchev–Trinajstić information content (AvgIpc) is 3.21. The molecule has 1 aromatic heterocycles. The van der Waals surface area contributed by atoms with Crippen LogP contribution < -0.4 is 0 Å². The molecule has 0 aliphatic carbocycles. The van der Waals surface area contributed by atoms with E-state index < -0.39 is 0 Å². The highest BCUT2D eigenvalue weighted by Gasteiger charge is 2.21. The molecule has 0 N–H and O–H groups in total. The predicted octanol–water partition coefficient (Wildman–Crippen LogP) is 7.18. The van der Waals surface area contributed by atoms with Gasteiger partial charge in [0, 0.05) is 30.8 Å². The lowest BCUT2D eigenvalue weighted by Gasteiger charge is -2.23. The lowest BCUT2D eigenvalue weighted by atomic mass is 10.1. The monoisotopic (exact) mass is 441 g/mol. The van der Waals surface area contributed by atoms with Crippen LogP contribution in [-0.4, -0.2) is 21.0 Å². The Morgan fingerprint density at radius 1 is 0.818 bits per heavy atom. The number of nitrogens with zero attached hydrogens (tertiary/aromatic N) is 3. The Bertz CT molecular complexity index is 1150. The summed E-state index contributed by atoms with van der Waals surface area (Å²) in [6.07, 6.45) is 2.21. The first kappa shape index (κ1) is 22.9. The van der Waals surface area contributed by atoms with Crippen molar-refractivity contribution < 1.29 is 4.39 Å². The highest BCUT2D eigenvalue weighted by Crippen LogP contribution is 2.31. The predicted molar refractivity (Wildman–Crippen MR) is 134 cm³/mol. The summed E-state index contributed by atoms with van der Waals surface area (Å²) in [6.45, 7) is 7.62. The number of halogens is 1. The van der Waals surface area contributed by atoms with Crippen LogP contribution in [0.1, 0.15) is 37.9 Å². The molecule has 0 saturated heterocycles. The summed E-state index contributed by atoms with van der Waals surface area (Å²) in [5.41, 5.74) is 5.49. The fourth-order valence-corrected chi connectivity index (χ4v) is 4.22. The van der Waals surface area contributed by atoms with Crippen molar-refractivity contribution in [2.75, 3.05) is 6.54 Å². The van der Waals surface area contributed by atoms with Gasteiger partial charge in [0.1, 0.15) is 11.6 Å². The van der Waals surface area contributed by atoms with Crippen LogP contribution in [-0.2, 0) is 19.6 Å². The van der Waals surface area contributed by atoms with Crippen molar-refractivity contribution in [3.63, 3.8) is 0 Å². The van der Waals surface area contributed by atoms with Gasteiger partial charge in [0.15, 0.2) is 0 Å². The average molecular weight is 442 g/mol. The van der Waals surface area contributed by atoms with Crippen molar-refractivity contribution in [2.45, 2.75) is 46.3 Å².